The fraction of sp³-hybridized carbons (Fsp3) is 0.562. The Morgan fingerprint density at radius 2 is 1.89 bits per heavy atom. The van der Waals surface area contributed by atoms with Crippen molar-refractivity contribution in [2.75, 3.05) is 24.3 Å². The molecule has 0 saturated heterocycles. The minimum Gasteiger partial charge on any atom is -0.379 e. The molecule has 0 radical (unpaired) electrons. The summed E-state index contributed by atoms with van der Waals surface area (Å²) in [6.45, 7) is 0. The molecule has 0 aliphatic heterocycles. The van der Waals surface area contributed by atoms with E-state index >= 15 is 0 Å². The molecule has 3 heteroatoms. The molecule has 19 heavy (non-hydrogen) atoms. The Kier molecular flexibility index (Phi) is 4.68. The van der Waals surface area contributed by atoms with Crippen molar-refractivity contribution in [1.29, 1.82) is 5.26 Å². The Morgan fingerprint density at radius 1 is 1.16 bits per heavy atom. The van der Waals surface area contributed by atoms with Gasteiger partial charge in [0.05, 0.1) is 23.4 Å². The smallest absolute Gasteiger partial charge is 0.0677 e. The first kappa shape index (κ1) is 13.7. The number of nitrogens with zero attached hydrogens (tertiary/aromatic N) is 2. The minimum atomic E-state index is 0.137. The zero-order chi connectivity index (χ0) is 13.7. The summed E-state index contributed by atoms with van der Waals surface area (Å²) in [6.07, 6.45) is 5.79. The second-order valence-electron chi connectivity index (χ2n) is 5.54. The van der Waals surface area contributed by atoms with Gasteiger partial charge in [0.25, 0.3) is 0 Å². The predicted octanol–water partition coefficient (Wildman–Crippen LogP) is 3.64. The first-order valence-corrected chi connectivity index (χ1v) is 7.15. The molecule has 1 aliphatic carbocycles. The summed E-state index contributed by atoms with van der Waals surface area (Å²) in [5.74, 6) is 0.137. The average molecular weight is 257 g/mol. The highest BCUT2D eigenvalue weighted by atomic mass is 15.1. The van der Waals surface area contributed by atoms with Crippen LogP contribution in [0.25, 0.3) is 0 Å². The monoisotopic (exact) mass is 257 g/mol. The number of benzene rings is 1. The molecule has 3 nitrogen and oxygen atoms in total. The lowest BCUT2D eigenvalue weighted by Crippen LogP contribution is -2.28. The first-order chi connectivity index (χ1) is 9.22. The van der Waals surface area contributed by atoms with Crippen LogP contribution in [0.4, 0.5) is 11.4 Å². The van der Waals surface area contributed by atoms with Crippen LogP contribution in [0.2, 0.25) is 0 Å². The van der Waals surface area contributed by atoms with Crippen molar-refractivity contribution < 1.29 is 0 Å². The third-order valence-electron chi connectivity index (χ3n) is 3.91. The quantitative estimate of drug-likeness (QED) is 0.840. The number of rotatable bonds is 3. The molecule has 1 aromatic carbocycles. The second-order valence-corrected chi connectivity index (χ2v) is 5.54. The lowest BCUT2D eigenvalue weighted by Gasteiger charge is -2.25. The van der Waals surface area contributed by atoms with Crippen LogP contribution < -0.4 is 10.2 Å². The maximum atomic E-state index is 9.34. The van der Waals surface area contributed by atoms with Gasteiger partial charge in [0, 0.05) is 20.1 Å². The molecule has 1 saturated carbocycles. The van der Waals surface area contributed by atoms with Gasteiger partial charge in [0.1, 0.15) is 0 Å². The molecule has 1 fully saturated rings. The second kappa shape index (κ2) is 6.47. The van der Waals surface area contributed by atoms with E-state index in [1.54, 1.807) is 0 Å². The van der Waals surface area contributed by atoms with E-state index < -0.39 is 0 Å². The van der Waals surface area contributed by atoms with Gasteiger partial charge in [-0.15, -0.1) is 0 Å². The topological polar surface area (TPSA) is 39.1 Å². The molecular weight excluding hydrogens is 234 g/mol. The van der Waals surface area contributed by atoms with Gasteiger partial charge in [-0.3, -0.25) is 0 Å². The summed E-state index contributed by atoms with van der Waals surface area (Å²) < 4.78 is 0. The largest absolute Gasteiger partial charge is 0.379 e. The van der Waals surface area contributed by atoms with E-state index in [9.17, 15) is 5.26 Å². The first-order valence-electron chi connectivity index (χ1n) is 7.15. The summed E-state index contributed by atoms with van der Waals surface area (Å²) in [5, 5.41) is 13.0. The van der Waals surface area contributed by atoms with Gasteiger partial charge in [0.15, 0.2) is 0 Å². The molecule has 102 valence electrons. The molecule has 0 spiro atoms. The number of para-hydroxylation sites is 2. The van der Waals surface area contributed by atoms with E-state index in [0.29, 0.717) is 0 Å². The highest BCUT2D eigenvalue weighted by Gasteiger charge is 2.24. The van der Waals surface area contributed by atoms with Crippen molar-refractivity contribution in [3.8, 4) is 6.07 Å². The van der Waals surface area contributed by atoms with Crippen LogP contribution >= 0.6 is 0 Å². The highest BCUT2D eigenvalue weighted by Crippen LogP contribution is 2.30. The Labute approximate surface area is 116 Å². The molecule has 1 N–H and O–H groups in total. The van der Waals surface area contributed by atoms with Crippen molar-refractivity contribution >= 4 is 11.4 Å². The number of anilines is 2. The summed E-state index contributed by atoms with van der Waals surface area (Å²) in [5.41, 5.74) is 2.32. The Bertz CT molecular complexity index is 448. The predicted molar refractivity (Wildman–Crippen MR) is 80.4 cm³/mol. The number of nitrogens with one attached hydrogen (secondary N) is 1. The van der Waals surface area contributed by atoms with Crippen molar-refractivity contribution in [2.45, 2.75) is 38.1 Å². The van der Waals surface area contributed by atoms with Crippen LogP contribution in [-0.4, -0.2) is 20.1 Å². The molecule has 0 aromatic heterocycles. The Hall–Kier alpha value is -1.69. The maximum absolute atomic E-state index is 9.34. The van der Waals surface area contributed by atoms with E-state index in [4.69, 9.17) is 0 Å². The maximum Gasteiger partial charge on any atom is 0.0677 e. The molecule has 2 atom stereocenters. The van der Waals surface area contributed by atoms with Gasteiger partial charge >= 0.3 is 0 Å². The van der Waals surface area contributed by atoms with E-state index in [2.05, 4.69) is 48.6 Å². The lowest BCUT2D eigenvalue weighted by atomic mass is 9.96. The number of hydrogen-bond donors (Lipinski definition) is 1. The molecule has 2 unspecified atom stereocenters. The van der Waals surface area contributed by atoms with Gasteiger partial charge in [-0.05, 0) is 25.0 Å². The van der Waals surface area contributed by atoms with Gasteiger partial charge in [-0.2, -0.15) is 5.26 Å². The van der Waals surface area contributed by atoms with Gasteiger partial charge in [0.2, 0.25) is 0 Å². The third kappa shape index (κ3) is 3.41. The molecule has 1 aromatic rings. The number of hydrogen-bond acceptors (Lipinski definition) is 3. The molecule has 0 bridgehead atoms. The van der Waals surface area contributed by atoms with Crippen LogP contribution in [0.1, 0.15) is 32.1 Å². The fourth-order valence-electron chi connectivity index (χ4n) is 2.82. The van der Waals surface area contributed by atoms with Gasteiger partial charge in [-0.25, -0.2) is 0 Å². The van der Waals surface area contributed by atoms with Crippen LogP contribution in [0, 0.1) is 17.2 Å². The van der Waals surface area contributed by atoms with Crippen molar-refractivity contribution in [3.05, 3.63) is 24.3 Å². The van der Waals surface area contributed by atoms with Crippen LogP contribution in [0.15, 0.2) is 24.3 Å². The van der Waals surface area contributed by atoms with Crippen LogP contribution in [-0.2, 0) is 0 Å². The summed E-state index contributed by atoms with van der Waals surface area (Å²) in [6, 6.07) is 11.1. The fourth-order valence-corrected chi connectivity index (χ4v) is 2.82. The Morgan fingerprint density at radius 3 is 2.63 bits per heavy atom. The molecule has 0 heterocycles. The molecule has 1 aliphatic rings. The van der Waals surface area contributed by atoms with Crippen molar-refractivity contribution in [1.82, 2.24) is 0 Å². The summed E-state index contributed by atoms with van der Waals surface area (Å²) in [7, 11) is 4.10. The van der Waals surface area contributed by atoms with Crippen molar-refractivity contribution in [3.63, 3.8) is 0 Å². The zero-order valence-corrected chi connectivity index (χ0v) is 11.9. The third-order valence-corrected chi connectivity index (χ3v) is 3.91. The SMILES string of the molecule is CN(C)c1ccccc1NC1CCCCCC1C#N. The standard InChI is InChI=1S/C16H23N3/c1-19(2)16-11-7-6-10-15(16)18-14-9-5-3-4-8-13(14)12-17/h6-7,10-11,13-14,18H,3-5,8-9H2,1-2H3. The van der Waals surface area contributed by atoms with E-state index in [0.717, 1.165) is 18.5 Å². The van der Waals surface area contributed by atoms with Crippen molar-refractivity contribution in [2.24, 2.45) is 5.92 Å². The zero-order valence-electron chi connectivity index (χ0n) is 11.9. The molecular formula is C16H23N3. The lowest BCUT2D eigenvalue weighted by molar-refractivity contribution is 0.514. The highest BCUT2D eigenvalue weighted by molar-refractivity contribution is 5.69. The average Bonchev–Trinajstić information content (AvgIpc) is 2.64. The van der Waals surface area contributed by atoms with Gasteiger partial charge < -0.3 is 10.2 Å². The molecule has 0 amide bonds. The van der Waals surface area contributed by atoms with E-state index in [-0.39, 0.29) is 12.0 Å². The van der Waals surface area contributed by atoms with Crippen LogP contribution in [0.5, 0.6) is 0 Å². The Balaban J connectivity index is 2.17. The van der Waals surface area contributed by atoms with Gasteiger partial charge in [-0.1, -0.05) is 31.4 Å². The number of nitriles is 1. The van der Waals surface area contributed by atoms with Crippen LogP contribution in [0.3, 0.4) is 0 Å². The summed E-state index contributed by atoms with van der Waals surface area (Å²) >= 11 is 0. The normalized spacial score (nSPS) is 23.2. The van der Waals surface area contributed by atoms with E-state index in [1.165, 1.54) is 24.9 Å². The summed E-state index contributed by atoms with van der Waals surface area (Å²) in [4.78, 5) is 2.11. The van der Waals surface area contributed by atoms with E-state index in [1.807, 2.05) is 6.07 Å². The minimum absolute atomic E-state index is 0.137. The molecule has 2 rings (SSSR count).